The summed E-state index contributed by atoms with van der Waals surface area (Å²) >= 11 is 0. The van der Waals surface area contributed by atoms with E-state index in [2.05, 4.69) is 28.5 Å². The van der Waals surface area contributed by atoms with E-state index in [1.54, 1.807) is 19.5 Å². The number of anilines is 1. The van der Waals surface area contributed by atoms with Crippen molar-refractivity contribution in [2.24, 2.45) is 7.05 Å². The van der Waals surface area contributed by atoms with Gasteiger partial charge in [-0.25, -0.2) is 0 Å². The van der Waals surface area contributed by atoms with Crippen molar-refractivity contribution >= 4 is 11.6 Å². The van der Waals surface area contributed by atoms with Crippen LogP contribution >= 0.6 is 0 Å². The SMILES string of the molecule is CO[C@H]1C[C@](c2cc(C)cc(N3Cc4c(cc(CNC5(C)CCC5)cc4C(F)(F)F)C3=O)c2)(c2nncn2C)C1. The Morgan fingerprint density at radius 1 is 1.15 bits per heavy atom. The summed E-state index contributed by atoms with van der Waals surface area (Å²) in [7, 11) is 3.58. The summed E-state index contributed by atoms with van der Waals surface area (Å²) in [6, 6.07) is 8.68. The maximum absolute atomic E-state index is 14.3. The van der Waals surface area contributed by atoms with Gasteiger partial charge >= 0.3 is 6.18 Å². The molecule has 1 amide bonds. The summed E-state index contributed by atoms with van der Waals surface area (Å²) in [5, 5.41) is 11.9. The Balaban J connectivity index is 1.37. The minimum Gasteiger partial charge on any atom is -0.381 e. The molecule has 1 N–H and O–H groups in total. The quantitative estimate of drug-likeness (QED) is 0.423. The summed E-state index contributed by atoms with van der Waals surface area (Å²) < 4.78 is 50.3. The number of halogens is 3. The molecular weight excluding hydrogens is 519 g/mol. The second-order valence-electron chi connectivity index (χ2n) is 12.0. The first-order chi connectivity index (χ1) is 18.9. The highest BCUT2D eigenvalue weighted by atomic mass is 19.4. The number of fused-ring (bicyclic) bond motifs is 1. The minimum absolute atomic E-state index is 0.0327. The summed E-state index contributed by atoms with van der Waals surface area (Å²) in [5.74, 6) is 0.384. The van der Waals surface area contributed by atoms with Gasteiger partial charge in [0.15, 0.2) is 0 Å². The van der Waals surface area contributed by atoms with Gasteiger partial charge in [0.1, 0.15) is 12.2 Å². The molecule has 2 fully saturated rings. The van der Waals surface area contributed by atoms with Crippen LogP contribution in [-0.4, -0.2) is 39.4 Å². The molecule has 1 aliphatic heterocycles. The van der Waals surface area contributed by atoms with E-state index in [0.717, 1.165) is 36.2 Å². The number of carbonyl (C=O) groups excluding carboxylic acids is 1. The number of benzene rings is 2. The molecule has 212 valence electrons. The van der Waals surface area contributed by atoms with Gasteiger partial charge in [0.2, 0.25) is 0 Å². The third-order valence-corrected chi connectivity index (χ3v) is 9.13. The van der Waals surface area contributed by atoms with Crippen molar-refractivity contribution in [3.05, 3.63) is 75.9 Å². The number of amides is 1. The highest BCUT2D eigenvalue weighted by Gasteiger charge is 2.51. The summed E-state index contributed by atoms with van der Waals surface area (Å²) in [4.78, 5) is 15.2. The molecule has 0 atom stereocenters. The lowest BCUT2D eigenvalue weighted by atomic mass is 9.61. The van der Waals surface area contributed by atoms with Crippen molar-refractivity contribution in [1.29, 1.82) is 0 Å². The van der Waals surface area contributed by atoms with E-state index in [4.69, 9.17) is 4.74 Å². The average molecular weight is 554 g/mol. The van der Waals surface area contributed by atoms with E-state index in [1.165, 1.54) is 11.0 Å². The Morgan fingerprint density at radius 2 is 1.90 bits per heavy atom. The predicted octanol–water partition coefficient (Wildman–Crippen LogP) is 5.43. The fraction of sp³-hybridized carbons (Fsp3) is 0.500. The molecule has 0 bridgehead atoms. The number of ether oxygens (including phenoxy) is 1. The number of nitrogens with zero attached hydrogens (tertiary/aromatic N) is 4. The molecule has 3 aliphatic rings. The van der Waals surface area contributed by atoms with Gasteiger partial charge in [0.25, 0.3) is 5.91 Å². The van der Waals surface area contributed by atoms with Crippen LogP contribution in [0.15, 0.2) is 36.7 Å². The van der Waals surface area contributed by atoms with Gasteiger partial charge in [-0.1, -0.05) is 6.07 Å². The standard InChI is InChI=1S/C30H34F3N5O2/c1-18-8-20(29(13-22(14-29)40-4)27-36-35-17-37(27)3)12-21(9-18)38-16-24-23(26(38)39)10-19(11-25(24)30(31,32)33)15-34-28(2)6-5-7-28/h8-12,17,22,34H,5-7,13-16H2,1-4H3/t22-,29-. The highest BCUT2D eigenvalue weighted by molar-refractivity contribution is 6.10. The molecule has 2 saturated carbocycles. The lowest BCUT2D eigenvalue weighted by Crippen LogP contribution is -2.48. The third kappa shape index (κ3) is 4.41. The molecular formula is C30H34F3N5O2. The van der Waals surface area contributed by atoms with Crippen molar-refractivity contribution in [3.63, 3.8) is 0 Å². The second kappa shape index (κ2) is 9.41. The average Bonchev–Trinajstić information content (AvgIpc) is 3.43. The molecule has 6 rings (SSSR count). The number of carbonyl (C=O) groups is 1. The first-order valence-electron chi connectivity index (χ1n) is 13.7. The minimum atomic E-state index is -4.56. The van der Waals surface area contributed by atoms with Crippen LogP contribution in [0, 0.1) is 6.92 Å². The molecule has 2 aromatic carbocycles. The van der Waals surface area contributed by atoms with Crippen LogP contribution in [0.4, 0.5) is 18.9 Å². The zero-order chi connectivity index (χ0) is 28.4. The van der Waals surface area contributed by atoms with E-state index in [-0.39, 0.29) is 35.9 Å². The maximum Gasteiger partial charge on any atom is 0.416 e. The first-order valence-corrected chi connectivity index (χ1v) is 13.7. The zero-order valence-corrected chi connectivity index (χ0v) is 23.2. The Labute approximate surface area is 231 Å². The lowest BCUT2D eigenvalue weighted by molar-refractivity contribution is -0.138. The number of nitrogens with one attached hydrogen (secondary N) is 1. The number of hydrogen-bond donors (Lipinski definition) is 1. The summed E-state index contributed by atoms with van der Waals surface area (Å²) in [5.41, 5.74) is 1.81. The molecule has 10 heteroatoms. The number of methoxy groups -OCH3 is 1. The Bertz CT molecular complexity index is 1470. The van der Waals surface area contributed by atoms with Gasteiger partial charge in [0, 0.05) is 37.5 Å². The Hall–Kier alpha value is -3.24. The van der Waals surface area contributed by atoms with Crippen molar-refractivity contribution in [2.75, 3.05) is 12.0 Å². The van der Waals surface area contributed by atoms with Crippen LogP contribution in [0.25, 0.3) is 0 Å². The van der Waals surface area contributed by atoms with Gasteiger partial charge in [-0.2, -0.15) is 13.2 Å². The topological polar surface area (TPSA) is 72.3 Å². The highest BCUT2D eigenvalue weighted by Crippen LogP contribution is 2.50. The molecule has 2 heterocycles. The van der Waals surface area contributed by atoms with Crippen LogP contribution in [0.5, 0.6) is 0 Å². The first kappa shape index (κ1) is 27.0. The molecule has 0 saturated heterocycles. The maximum atomic E-state index is 14.3. The molecule has 2 aliphatic carbocycles. The van der Waals surface area contributed by atoms with Crippen LogP contribution in [0.3, 0.4) is 0 Å². The summed E-state index contributed by atoms with van der Waals surface area (Å²) in [6.45, 7) is 4.18. The molecule has 1 aromatic heterocycles. The van der Waals surface area contributed by atoms with Crippen molar-refractivity contribution in [3.8, 4) is 0 Å². The van der Waals surface area contributed by atoms with Gasteiger partial charge in [-0.05, 0) is 92.5 Å². The molecule has 0 unspecified atom stereocenters. The Kier molecular flexibility index (Phi) is 6.34. The Morgan fingerprint density at radius 3 is 2.50 bits per heavy atom. The van der Waals surface area contributed by atoms with Gasteiger partial charge in [-0.15, -0.1) is 10.2 Å². The summed E-state index contributed by atoms with van der Waals surface area (Å²) in [6.07, 6.45) is 1.64. The number of aryl methyl sites for hydroxylation is 2. The largest absolute Gasteiger partial charge is 0.416 e. The number of alkyl halides is 3. The van der Waals surface area contributed by atoms with Gasteiger partial charge in [0.05, 0.1) is 23.6 Å². The molecule has 0 radical (unpaired) electrons. The van der Waals surface area contributed by atoms with Crippen LogP contribution < -0.4 is 10.2 Å². The molecule has 40 heavy (non-hydrogen) atoms. The molecule has 3 aromatic rings. The van der Waals surface area contributed by atoms with Crippen molar-refractivity contribution in [2.45, 2.75) is 82.3 Å². The van der Waals surface area contributed by atoms with E-state index in [1.807, 2.05) is 30.7 Å². The van der Waals surface area contributed by atoms with Crippen molar-refractivity contribution in [1.82, 2.24) is 20.1 Å². The number of aromatic nitrogens is 3. The normalized spacial score (nSPS) is 23.6. The van der Waals surface area contributed by atoms with Crippen LogP contribution in [0.2, 0.25) is 0 Å². The number of rotatable bonds is 7. The van der Waals surface area contributed by atoms with Gasteiger partial charge < -0.3 is 19.5 Å². The van der Waals surface area contributed by atoms with E-state index < -0.39 is 23.1 Å². The number of hydrogen-bond acceptors (Lipinski definition) is 5. The smallest absolute Gasteiger partial charge is 0.381 e. The third-order valence-electron chi connectivity index (χ3n) is 9.13. The second-order valence-corrected chi connectivity index (χ2v) is 12.0. The van der Waals surface area contributed by atoms with Crippen LogP contribution in [0.1, 0.15) is 83.0 Å². The van der Waals surface area contributed by atoms with E-state index >= 15 is 0 Å². The monoisotopic (exact) mass is 553 g/mol. The van der Waals surface area contributed by atoms with Gasteiger partial charge in [-0.3, -0.25) is 4.79 Å². The lowest BCUT2D eigenvalue weighted by Gasteiger charge is -2.46. The van der Waals surface area contributed by atoms with Crippen LogP contribution in [-0.2, 0) is 36.5 Å². The molecule has 0 spiro atoms. The zero-order valence-electron chi connectivity index (χ0n) is 23.2. The van der Waals surface area contributed by atoms with Crippen molar-refractivity contribution < 1.29 is 22.7 Å². The van der Waals surface area contributed by atoms with E-state index in [9.17, 15) is 18.0 Å². The fourth-order valence-electron chi connectivity index (χ4n) is 6.57. The predicted molar refractivity (Wildman–Crippen MR) is 144 cm³/mol. The van der Waals surface area contributed by atoms with E-state index in [0.29, 0.717) is 24.1 Å². The molecule has 7 nitrogen and oxygen atoms in total. The fourth-order valence-corrected chi connectivity index (χ4v) is 6.57.